The molecule has 2 aliphatic heterocycles. The Labute approximate surface area is 389 Å². The summed E-state index contributed by atoms with van der Waals surface area (Å²) in [5.74, 6) is -0.345. The molecule has 4 aliphatic carbocycles. The van der Waals surface area contributed by atoms with Crippen LogP contribution in [0.3, 0.4) is 0 Å². The van der Waals surface area contributed by atoms with Gasteiger partial charge in [0.15, 0.2) is 11.6 Å². The fraction of sp³-hybridized carbons (Fsp3) is 0.551. The third-order valence-corrected chi connectivity index (χ3v) is 17.6. The van der Waals surface area contributed by atoms with Crippen molar-refractivity contribution in [2.24, 2.45) is 42.2 Å². The van der Waals surface area contributed by atoms with E-state index in [0.29, 0.717) is 69.1 Å². The number of hydrogen-bond acceptors (Lipinski definition) is 8. The van der Waals surface area contributed by atoms with Gasteiger partial charge in [-0.2, -0.15) is 0 Å². The molecule has 16 heteroatoms. The van der Waals surface area contributed by atoms with Crippen LogP contribution >= 0.6 is 23.2 Å². The van der Waals surface area contributed by atoms with Crippen LogP contribution in [0, 0.1) is 28.1 Å². The monoisotopic (exact) mass is 924 g/mol. The van der Waals surface area contributed by atoms with Crippen molar-refractivity contribution in [3.8, 4) is 11.1 Å². The molecule has 0 spiro atoms. The molecule has 3 unspecified atom stereocenters. The van der Waals surface area contributed by atoms with Gasteiger partial charge in [-0.15, -0.1) is 0 Å². The van der Waals surface area contributed by atoms with Crippen LogP contribution in [0.25, 0.3) is 11.1 Å². The maximum Gasteiger partial charge on any atom is 0.309 e. The first kappa shape index (κ1) is 44.1. The number of anilines is 2. The molecule has 6 aliphatic rings. The number of nitrogens with one attached hydrogen (secondary N) is 2. The van der Waals surface area contributed by atoms with Crippen LogP contribution < -0.4 is 10.6 Å². The Kier molecular flexibility index (Phi) is 11.4. The van der Waals surface area contributed by atoms with Gasteiger partial charge in [-0.25, -0.2) is 9.97 Å². The molecule has 2 aromatic heterocycles. The predicted octanol–water partition coefficient (Wildman–Crippen LogP) is 8.44. The number of amides is 2. The maximum absolute atomic E-state index is 13.8. The van der Waals surface area contributed by atoms with E-state index in [1.807, 2.05) is 35.4 Å². The van der Waals surface area contributed by atoms with Gasteiger partial charge in [-0.3, -0.25) is 29.0 Å². The van der Waals surface area contributed by atoms with Crippen molar-refractivity contribution in [1.82, 2.24) is 28.9 Å². The van der Waals surface area contributed by atoms with E-state index in [9.17, 15) is 29.4 Å². The number of aromatic nitrogens is 4. The van der Waals surface area contributed by atoms with Crippen LogP contribution in [-0.4, -0.2) is 89.0 Å². The molecule has 10 rings (SSSR count). The molecular weight excluding hydrogens is 867 g/mol. The second-order valence-electron chi connectivity index (χ2n) is 20.3. The molecule has 2 aromatic carbocycles. The fourth-order valence-electron chi connectivity index (χ4n) is 12.9. The normalized spacial score (nSPS) is 27.1. The number of carboxylic acids is 2. The summed E-state index contributed by atoms with van der Waals surface area (Å²) in [5.41, 5.74) is 4.95. The highest BCUT2D eigenvalue weighted by atomic mass is 35.5. The zero-order chi connectivity index (χ0) is 45.4. The van der Waals surface area contributed by atoms with Gasteiger partial charge in [0.05, 0.1) is 43.6 Å². The Morgan fingerprint density at radius 1 is 0.708 bits per heavy atom. The lowest BCUT2D eigenvalue weighted by atomic mass is 9.70. The Balaban J connectivity index is 0.769. The largest absolute Gasteiger partial charge is 0.481 e. The van der Waals surface area contributed by atoms with Gasteiger partial charge in [-0.05, 0) is 120 Å². The molecule has 4 aromatic rings. The van der Waals surface area contributed by atoms with Gasteiger partial charge in [0.25, 0.3) is 11.8 Å². The summed E-state index contributed by atoms with van der Waals surface area (Å²) in [4.78, 5) is 66.0. The van der Waals surface area contributed by atoms with Crippen molar-refractivity contribution in [2.75, 3.05) is 36.8 Å². The number of nitrogens with zero attached hydrogens (tertiary/aromatic N) is 6. The first-order chi connectivity index (χ1) is 31.2. The topological polar surface area (TPSA) is 175 Å². The zero-order valence-corrected chi connectivity index (χ0v) is 38.7. The molecule has 4 fully saturated rings. The first-order valence-corrected chi connectivity index (χ1v) is 24.1. The number of carboxylic acid groups (broad SMARTS) is 2. The SMILES string of the molecule is Cn1c(C(=O)Nc2cccc(-c3cccc(NC(=O)c4nc5c(n4C)CCN(CCC46CCC(C(=O)O)(CC4)C6)C5)c3Cl)c2Cl)nc2c1CCN(CCC1CCC3(C(=O)O)CCC1C3)C2. The lowest BCUT2D eigenvalue weighted by Crippen LogP contribution is -2.36. The van der Waals surface area contributed by atoms with Crippen molar-refractivity contribution in [2.45, 2.75) is 103 Å². The van der Waals surface area contributed by atoms with Gasteiger partial charge in [0.1, 0.15) is 0 Å². The number of carbonyl (C=O) groups excluding carboxylic acids is 2. The molecule has 2 amide bonds. The molecule has 14 nitrogen and oxygen atoms in total. The molecule has 344 valence electrons. The molecular formula is C49H58Cl2N8O6. The Hall–Kier alpha value is -4.76. The number of fused-ring (bicyclic) bond motifs is 6. The maximum atomic E-state index is 13.8. The smallest absolute Gasteiger partial charge is 0.309 e. The van der Waals surface area contributed by atoms with Crippen LogP contribution in [0.1, 0.15) is 121 Å². The van der Waals surface area contributed by atoms with Gasteiger partial charge >= 0.3 is 11.9 Å². The van der Waals surface area contributed by atoms with E-state index in [-0.39, 0.29) is 17.2 Å². The van der Waals surface area contributed by atoms with Crippen molar-refractivity contribution >= 4 is 58.3 Å². The first-order valence-electron chi connectivity index (χ1n) is 23.4. The van der Waals surface area contributed by atoms with E-state index in [2.05, 4.69) is 20.4 Å². The molecule has 65 heavy (non-hydrogen) atoms. The minimum atomic E-state index is -0.632. The van der Waals surface area contributed by atoms with Gasteiger partial charge in [-0.1, -0.05) is 47.5 Å². The number of carbonyl (C=O) groups is 4. The van der Waals surface area contributed by atoms with Crippen molar-refractivity contribution in [3.63, 3.8) is 0 Å². The van der Waals surface area contributed by atoms with E-state index < -0.39 is 22.8 Å². The number of benzene rings is 2. The molecule has 0 radical (unpaired) electrons. The van der Waals surface area contributed by atoms with E-state index in [4.69, 9.17) is 33.2 Å². The highest BCUT2D eigenvalue weighted by molar-refractivity contribution is 6.40. The van der Waals surface area contributed by atoms with Crippen molar-refractivity contribution in [1.29, 1.82) is 0 Å². The third kappa shape index (κ3) is 7.85. The fourth-order valence-corrected chi connectivity index (χ4v) is 13.4. The highest BCUT2D eigenvalue weighted by Crippen LogP contribution is 2.63. The third-order valence-electron chi connectivity index (χ3n) is 16.8. The van der Waals surface area contributed by atoms with Gasteiger partial charge in [0.2, 0.25) is 0 Å². The summed E-state index contributed by atoms with van der Waals surface area (Å²) >= 11 is 14.1. The summed E-state index contributed by atoms with van der Waals surface area (Å²) in [6, 6.07) is 10.7. The minimum absolute atomic E-state index is 0.124. The average molecular weight is 926 g/mol. The van der Waals surface area contributed by atoms with E-state index in [0.717, 1.165) is 139 Å². The van der Waals surface area contributed by atoms with Crippen LogP contribution in [-0.2, 0) is 49.6 Å². The Bertz CT molecular complexity index is 2600. The van der Waals surface area contributed by atoms with E-state index in [1.165, 1.54) is 0 Å². The highest BCUT2D eigenvalue weighted by Gasteiger charge is 2.58. The summed E-state index contributed by atoms with van der Waals surface area (Å²) < 4.78 is 3.74. The van der Waals surface area contributed by atoms with Crippen LogP contribution in [0.5, 0.6) is 0 Å². The lowest BCUT2D eigenvalue weighted by molar-refractivity contribution is -0.150. The van der Waals surface area contributed by atoms with Crippen LogP contribution in [0.15, 0.2) is 36.4 Å². The molecule has 4 heterocycles. The molecule has 3 atom stereocenters. The minimum Gasteiger partial charge on any atom is -0.481 e. The van der Waals surface area contributed by atoms with Gasteiger partial charge in [0, 0.05) is 75.6 Å². The average Bonchev–Trinajstić information content (AvgIpc) is 4.12. The van der Waals surface area contributed by atoms with E-state index in [1.54, 1.807) is 24.3 Å². The summed E-state index contributed by atoms with van der Waals surface area (Å²) in [7, 11) is 3.74. The number of hydrogen-bond donors (Lipinski definition) is 4. The molecule has 4 saturated carbocycles. The second kappa shape index (κ2) is 16.8. The second-order valence-corrected chi connectivity index (χ2v) is 21.0. The zero-order valence-electron chi connectivity index (χ0n) is 37.2. The lowest BCUT2D eigenvalue weighted by Gasteiger charge is -2.36. The molecule has 0 saturated heterocycles. The van der Waals surface area contributed by atoms with Crippen molar-refractivity contribution in [3.05, 3.63) is 80.9 Å². The summed E-state index contributed by atoms with van der Waals surface area (Å²) in [6.45, 7) is 4.85. The number of halogens is 2. The van der Waals surface area contributed by atoms with E-state index >= 15 is 0 Å². The summed E-state index contributed by atoms with van der Waals surface area (Å²) in [5, 5.41) is 26.2. The number of aliphatic carboxylic acids is 2. The quantitative estimate of drug-likeness (QED) is 0.102. The van der Waals surface area contributed by atoms with Gasteiger partial charge < -0.3 is 30.0 Å². The standard InChI is InChI=1S/C49H58Cl2N8O6/c1-56-37-12-22-58(21-11-29-9-14-48(45(62)63)15-10-30(29)25-48)26-35(37)52-41(56)43(60)54-33-7-3-5-31(39(33)50)32-6-4-8-34(40(32)51)55-44(61)42-53-36-27-59(23-13-38(36)57(42)2)24-20-47-16-18-49(28-47,19-17-47)46(64)65/h3-8,29-30H,9-28H2,1-2H3,(H,54,60)(H,55,61)(H,62,63)(H,64,65). The Morgan fingerprint density at radius 2 is 1.23 bits per heavy atom. The Morgan fingerprint density at radius 3 is 1.75 bits per heavy atom. The van der Waals surface area contributed by atoms with Crippen LogP contribution in [0.4, 0.5) is 11.4 Å². The molecule has 4 bridgehead atoms. The molecule has 4 N–H and O–H groups in total. The summed E-state index contributed by atoms with van der Waals surface area (Å²) in [6.07, 6.45) is 12.3. The number of imidazole rings is 2. The predicted molar refractivity (Wildman–Crippen MR) is 247 cm³/mol. The van der Waals surface area contributed by atoms with Crippen molar-refractivity contribution < 1.29 is 29.4 Å². The number of rotatable bonds is 13. The van der Waals surface area contributed by atoms with Crippen LogP contribution in [0.2, 0.25) is 10.0 Å².